The molecule has 8 heavy (non-hydrogen) atoms. The Morgan fingerprint density at radius 1 is 1.38 bits per heavy atom. The van der Waals surface area contributed by atoms with Gasteiger partial charge in [0.15, 0.2) is 0 Å². The number of carbonyl (C=O) groups excluding carboxylic acids is 1. The molecule has 2 heteroatoms. The minimum Gasteiger partial charge on any atom is -0.277 e. The van der Waals surface area contributed by atoms with Crippen LogP contribution in [0.2, 0.25) is 0 Å². The number of thioether (sulfide) groups is 1. The van der Waals surface area contributed by atoms with E-state index in [0.717, 1.165) is 0 Å². The summed E-state index contributed by atoms with van der Waals surface area (Å²) in [5.41, 5.74) is 1.88. The van der Waals surface area contributed by atoms with E-state index in [-0.39, 0.29) is 0 Å². The Balaban J connectivity index is 2.14. The molecule has 1 aliphatic rings. The molecule has 0 aromatic heterocycles. The van der Waals surface area contributed by atoms with Gasteiger partial charge in [0, 0.05) is 5.25 Å². The summed E-state index contributed by atoms with van der Waals surface area (Å²) >= 11 is 1.33. The van der Waals surface area contributed by atoms with Crippen LogP contribution in [0.3, 0.4) is 0 Å². The van der Waals surface area contributed by atoms with Gasteiger partial charge in [-0.05, 0) is 12.8 Å². The fourth-order valence-corrected chi connectivity index (χ4v) is 1.78. The molecule has 1 aliphatic carbocycles. The highest BCUT2D eigenvalue weighted by atomic mass is 32.2. The van der Waals surface area contributed by atoms with Gasteiger partial charge in [-0.1, -0.05) is 24.6 Å². The van der Waals surface area contributed by atoms with Gasteiger partial charge in [-0.3, -0.25) is 4.79 Å². The maximum absolute atomic E-state index is 9.80. The van der Waals surface area contributed by atoms with E-state index in [1.54, 1.807) is 0 Å². The van der Waals surface area contributed by atoms with E-state index in [1.165, 1.54) is 37.4 Å². The van der Waals surface area contributed by atoms with Crippen molar-refractivity contribution in [2.45, 2.75) is 30.9 Å². The van der Waals surface area contributed by atoms with Crippen LogP contribution >= 0.6 is 11.8 Å². The highest BCUT2D eigenvalue weighted by molar-refractivity contribution is 8.12. The Morgan fingerprint density at radius 3 is 2.50 bits per heavy atom. The molecule has 0 amide bonds. The van der Waals surface area contributed by atoms with Crippen molar-refractivity contribution in [2.75, 3.05) is 0 Å². The van der Waals surface area contributed by atoms with Crippen LogP contribution in [-0.2, 0) is 4.79 Å². The molecule has 0 N–H and O–H groups in total. The maximum atomic E-state index is 9.80. The Labute approximate surface area is 53.8 Å². The molecule has 1 rings (SSSR count). The minimum atomic E-state index is 0.604. The molecule has 1 saturated carbocycles. The molecule has 0 unspecified atom stereocenters. The fourth-order valence-electron chi connectivity index (χ4n) is 1.07. The molecular weight excluding hydrogens is 120 g/mol. The first-order valence-electron chi connectivity index (χ1n) is 2.96. The molecule has 45 valence electrons. The SMILES string of the molecule is O=[C]SC1CCCC1. The van der Waals surface area contributed by atoms with E-state index in [9.17, 15) is 4.79 Å². The van der Waals surface area contributed by atoms with Gasteiger partial charge in [0.05, 0.1) is 0 Å². The molecule has 0 bridgehead atoms. The van der Waals surface area contributed by atoms with Gasteiger partial charge in [-0.2, -0.15) is 0 Å². The molecule has 0 atom stereocenters. The predicted octanol–water partition coefficient (Wildman–Crippen LogP) is 1.73. The Bertz CT molecular complexity index is 76.6. The van der Waals surface area contributed by atoms with E-state index in [4.69, 9.17) is 0 Å². The van der Waals surface area contributed by atoms with Crippen molar-refractivity contribution in [3.8, 4) is 0 Å². The van der Waals surface area contributed by atoms with E-state index < -0.39 is 0 Å². The highest BCUT2D eigenvalue weighted by Gasteiger charge is 2.14. The second kappa shape index (κ2) is 3.13. The molecule has 0 saturated heterocycles. The molecule has 1 fully saturated rings. The largest absolute Gasteiger partial charge is 0.277 e. The summed E-state index contributed by atoms with van der Waals surface area (Å²) in [6.45, 7) is 0. The number of hydrogen-bond acceptors (Lipinski definition) is 2. The molecule has 0 aromatic carbocycles. The monoisotopic (exact) mass is 129 g/mol. The van der Waals surface area contributed by atoms with Crippen LogP contribution in [0, 0.1) is 0 Å². The van der Waals surface area contributed by atoms with Gasteiger partial charge < -0.3 is 0 Å². The van der Waals surface area contributed by atoms with Crippen LogP contribution in [0.15, 0.2) is 0 Å². The Morgan fingerprint density at radius 2 is 2.00 bits per heavy atom. The van der Waals surface area contributed by atoms with Gasteiger partial charge in [-0.15, -0.1) is 0 Å². The van der Waals surface area contributed by atoms with Gasteiger partial charge in [0.1, 0.15) is 0 Å². The van der Waals surface area contributed by atoms with Crippen molar-refractivity contribution >= 4 is 17.4 Å². The first kappa shape index (κ1) is 6.14. The van der Waals surface area contributed by atoms with Crippen LogP contribution in [0.25, 0.3) is 0 Å². The Kier molecular flexibility index (Phi) is 2.40. The van der Waals surface area contributed by atoms with Crippen molar-refractivity contribution < 1.29 is 4.79 Å². The third-order valence-electron chi connectivity index (χ3n) is 1.52. The number of rotatable bonds is 2. The van der Waals surface area contributed by atoms with Crippen LogP contribution < -0.4 is 0 Å². The maximum Gasteiger partial charge on any atom is 0.266 e. The standard InChI is InChI=1S/C6H9OS/c7-5-8-6-3-1-2-4-6/h6H,1-4H2. The lowest BCUT2D eigenvalue weighted by atomic mass is 10.4. The molecule has 0 aromatic rings. The highest BCUT2D eigenvalue weighted by Crippen LogP contribution is 2.27. The van der Waals surface area contributed by atoms with Crippen LogP contribution in [0.4, 0.5) is 0 Å². The second-order valence-corrected chi connectivity index (χ2v) is 3.18. The first-order chi connectivity index (χ1) is 3.93. The smallest absolute Gasteiger partial charge is 0.266 e. The summed E-state index contributed by atoms with van der Waals surface area (Å²) in [4.78, 5) is 9.80. The van der Waals surface area contributed by atoms with E-state index in [2.05, 4.69) is 0 Å². The van der Waals surface area contributed by atoms with E-state index >= 15 is 0 Å². The quantitative estimate of drug-likeness (QED) is 0.564. The fraction of sp³-hybridized carbons (Fsp3) is 0.833. The molecule has 0 heterocycles. The average Bonchev–Trinajstić information content (AvgIpc) is 2.19. The zero-order valence-electron chi connectivity index (χ0n) is 4.72. The van der Waals surface area contributed by atoms with E-state index in [0.29, 0.717) is 5.25 Å². The molecule has 1 radical (unpaired) electrons. The lowest BCUT2D eigenvalue weighted by Crippen LogP contribution is -1.91. The normalized spacial score (nSPS) is 21.5. The minimum absolute atomic E-state index is 0.604. The van der Waals surface area contributed by atoms with Crippen molar-refractivity contribution in [3.63, 3.8) is 0 Å². The summed E-state index contributed by atoms with van der Waals surface area (Å²) in [6, 6.07) is 0. The zero-order chi connectivity index (χ0) is 5.82. The zero-order valence-corrected chi connectivity index (χ0v) is 5.54. The van der Waals surface area contributed by atoms with Gasteiger partial charge >= 0.3 is 0 Å². The average molecular weight is 129 g/mol. The summed E-state index contributed by atoms with van der Waals surface area (Å²) in [5.74, 6) is 0. The molecule has 1 nitrogen and oxygen atoms in total. The molecule has 0 spiro atoms. The van der Waals surface area contributed by atoms with Gasteiger partial charge in [0.25, 0.3) is 5.62 Å². The summed E-state index contributed by atoms with van der Waals surface area (Å²) in [6.07, 6.45) is 5.05. The van der Waals surface area contributed by atoms with Crippen molar-refractivity contribution in [1.29, 1.82) is 0 Å². The van der Waals surface area contributed by atoms with Crippen molar-refractivity contribution in [1.82, 2.24) is 0 Å². The van der Waals surface area contributed by atoms with Gasteiger partial charge in [0.2, 0.25) is 0 Å². The van der Waals surface area contributed by atoms with E-state index in [1.807, 2.05) is 5.62 Å². The topological polar surface area (TPSA) is 17.1 Å². The van der Waals surface area contributed by atoms with Crippen LogP contribution in [0.5, 0.6) is 0 Å². The van der Waals surface area contributed by atoms with Crippen LogP contribution in [-0.4, -0.2) is 10.9 Å². The van der Waals surface area contributed by atoms with Crippen molar-refractivity contribution in [3.05, 3.63) is 0 Å². The Hall–Kier alpha value is 0.0200. The number of hydrogen-bond donors (Lipinski definition) is 0. The predicted molar refractivity (Wildman–Crippen MR) is 35.5 cm³/mol. The molecule has 0 aliphatic heterocycles. The first-order valence-corrected chi connectivity index (χ1v) is 3.84. The third kappa shape index (κ3) is 1.51. The van der Waals surface area contributed by atoms with Crippen LogP contribution in [0.1, 0.15) is 25.7 Å². The molecular formula is C6H9OS. The lowest BCUT2D eigenvalue weighted by Gasteiger charge is -1.97. The summed E-state index contributed by atoms with van der Waals surface area (Å²) < 4.78 is 0. The van der Waals surface area contributed by atoms with Crippen molar-refractivity contribution in [2.24, 2.45) is 0 Å². The summed E-state index contributed by atoms with van der Waals surface area (Å²) in [5, 5.41) is 0.604. The lowest BCUT2D eigenvalue weighted by molar-refractivity contribution is 0.569. The van der Waals surface area contributed by atoms with Gasteiger partial charge in [-0.25, -0.2) is 0 Å². The summed E-state index contributed by atoms with van der Waals surface area (Å²) in [7, 11) is 0. The second-order valence-electron chi connectivity index (χ2n) is 2.11. The third-order valence-corrected chi connectivity index (χ3v) is 2.42.